The predicted octanol–water partition coefficient (Wildman–Crippen LogP) is -0.228. The average Bonchev–Trinajstić information content (AvgIpc) is 1.82. The fourth-order valence-electron chi connectivity index (χ4n) is 0.314. The summed E-state index contributed by atoms with van der Waals surface area (Å²) in [4.78, 5) is 20.5. The van der Waals surface area contributed by atoms with E-state index in [4.69, 9.17) is 5.11 Å². The van der Waals surface area contributed by atoms with Crippen LogP contribution in [0.5, 0.6) is 0 Å². The van der Waals surface area contributed by atoms with E-state index in [-0.39, 0.29) is 5.12 Å². The van der Waals surface area contributed by atoms with Crippen molar-refractivity contribution in [1.29, 1.82) is 0 Å². The van der Waals surface area contributed by atoms with E-state index in [1.165, 1.54) is 6.92 Å². The highest BCUT2D eigenvalue weighted by Gasteiger charge is 2.11. The van der Waals surface area contributed by atoms with Crippen molar-refractivity contribution in [3.8, 4) is 0 Å². The van der Waals surface area contributed by atoms with Gasteiger partial charge in [-0.3, -0.25) is 9.59 Å². The van der Waals surface area contributed by atoms with Gasteiger partial charge in [-0.05, 0) is 0 Å². The maximum absolute atomic E-state index is 10.3. The number of hydrogen-bond acceptors (Lipinski definition) is 3. The summed E-state index contributed by atoms with van der Waals surface area (Å²) in [6, 6.07) is 0. The first-order valence-electron chi connectivity index (χ1n) is 2.90. The molecule has 0 saturated carbocycles. The lowest BCUT2D eigenvalue weighted by Gasteiger charge is -2.01. The van der Waals surface area contributed by atoms with Gasteiger partial charge in [0.05, 0.1) is 0 Å². The van der Waals surface area contributed by atoms with Gasteiger partial charge in [0, 0.05) is 18.5 Å². The molecule has 0 bridgehead atoms. The molecule has 0 aromatic rings. The SMILES string of the molecule is B[C@H](CSC(C)=O)C(=O)O. The first-order valence-corrected chi connectivity index (χ1v) is 3.88. The molecule has 0 fully saturated rings. The summed E-state index contributed by atoms with van der Waals surface area (Å²) in [5, 5.41) is 8.34. The molecule has 1 atom stereocenters. The molecule has 0 radical (unpaired) electrons. The lowest BCUT2D eigenvalue weighted by Crippen LogP contribution is -2.10. The van der Waals surface area contributed by atoms with Crippen LogP contribution in [-0.2, 0) is 9.59 Å². The van der Waals surface area contributed by atoms with Crippen LogP contribution in [0.4, 0.5) is 0 Å². The molecule has 0 aliphatic heterocycles. The van der Waals surface area contributed by atoms with E-state index in [1.54, 1.807) is 7.85 Å². The van der Waals surface area contributed by atoms with Crippen molar-refractivity contribution in [1.82, 2.24) is 0 Å². The third-order valence-electron chi connectivity index (χ3n) is 0.958. The number of thioether (sulfide) groups is 1. The first-order chi connectivity index (χ1) is 4.54. The summed E-state index contributed by atoms with van der Waals surface area (Å²) in [7, 11) is 1.58. The molecule has 0 saturated heterocycles. The summed E-state index contributed by atoms with van der Waals surface area (Å²) in [5.74, 6) is -0.923. The molecule has 1 N–H and O–H groups in total. The second-order valence-electron chi connectivity index (χ2n) is 2.04. The normalized spacial score (nSPS) is 12.5. The van der Waals surface area contributed by atoms with Crippen LogP contribution in [0.15, 0.2) is 0 Å². The van der Waals surface area contributed by atoms with Crippen LogP contribution < -0.4 is 0 Å². The zero-order valence-electron chi connectivity index (χ0n) is 5.96. The second kappa shape index (κ2) is 4.38. The zero-order chi connectivity index (χ0) is 8.15. The highest BCUT2D eigenvalue weighted by molar-refractivity contribution is 8.13. The van der Waals surface area contributed by atoms with Crippen LogP contribution in [0.3, 0.4) is 0 Å². The highest BCUT2D eigenvalue weighted by atomic mass is 32.2. The van der Waals surface area contributed by atoms with Gasteiger partial charge < -0.3 is 5.11 Å². The van der Waals surface area contributed by atoms with Crippen molar-refractivity contribution < 1.29 is 14.7 Å². The van der Waals surface area contributed by atoms with Crippen molar-refractivity contribution in [2.45, 2.75) is 12.7 Å². The molecule has 0 aliphatic carbocycles. The summed E-state index contributed by atoms with van der Waals surface area (Å²) < 4.78 is 0. The maximum Gasteiger partial charge on any atom is 0.299 e. The van der Waals surface area contributed by atoms with E-state index in [0.29, 0.717) is 5.75 Å². The molecule has 56 valence electrons. The Kier molecular flexibility index (Phi) is 4.19. The van der Waals surface area contributed by atoms with E-state index in [2.05, 4.69) is 0 Å². The van der Waals surface area contributed by atoms with E-state index in [1.807, 2.05) is 0 Å². The van der Waals surface area contributed by atoms with Gasteiger partial charge in [-0.25, -0.2) is 0 Å². The van der Waals surface area contributed by atoms with Crippen molar-refractivity contribution in [3.05, 3.63) is 0 Å². The van der Waals surface area contributed by atoms with Gasteiger partial charge in [0.25, 0.3) is 5.97 Å². The Bertz CT molecular complexity index is 148. The topological polar surface area (TPSA) is 54.4 Å². The van der Waals surface area contributed by atoms with Crippen LogP contribution in [-0.4, -0.2) is 29.8 Å². The Morgan fingerprint density at radius 3 is 2.50 bits per heavy atom. The molecule has 3 nitrogen and oxygen atoms in total. The molecule has 0 heterocycles. The number of aliphatic carboxylic acids is 1. The molecular formula is C5H9BO3S. The van der Waals surface area contributed by atoms with Crippen LogP contribution in [0, 0.1) is 0 Å². The number of hydrogen-bond donors (Lipinski definition) is 1. The van der Waals surface area contributed by atoms with Crippen LogP contribution in [0.2, 0.25) is 5.82 Å². The summed E-state index contributed by atoms with van der Waals surface area (Å²) in [5.41, 5.74) is 0. The molecule has 0 aromatic carbocycles. The maximum atomic E-state index is 10.3. The van der Waals surface area contributed by atoms with Gasteiger partial charge in [0.2, 0.25) is 0 Å². The quantitative estimate of drug-likeness (QED) is 0.579. The summed E-state index contributed by atoms with van der Waals surface area (Å²) in [6.45, 7) is 1.43. The zero-order valence-corrected chi connectivity index (χ0v) is 6.77. The highest BCUT2D eigenvalue weighted by Crippen LogP contribution is 2.10. The minimum Gasteiger partial charge on any atom is -0.482 e. The van der Waals surface area contributed by atoms with Crippen LogP contribution in [0.1, 0.15) is 6.92 Å². The Morgan fingerprint density at radius 2 is 2.20 bits per heavy atom. The molecule has 0 amide bonds. The fraction of sp³-hybridized carbons (Fsp3) is 0.600. The largest absolute Gasteiger partial charge is 0.482 e. The smallest absolute Gasteiger partial charge is 0.299 e. The predicted molar refractivity (Wildman–Crippen MR) is 43.1 cm³/mol. The van der Waals surface area contributed by atoms with E-state index in [0.717, 1.165) is 11.8 Å². The van der Waals surface area contributed by atoms with Crippen molar-refractivity contribution >= 4 is 30.7 Å². The fourth-order valence-corrected chi connectivity index (χ4v) is 0.941. The monoisotopic (exact) mass is 160 g/mol. The van der Waals surface area contributed by atoms with Gasteiger partial charge in [-0.1, -0.05) is 11.8 Å². The van der Waals surface area contributed by atoms with Crippen LogP contribution in [0.25, 0.3) is 0 Å². The Hall–Kier alpha value is -0.445. The van der Waals surface area contributed by atoms with E-state index < -0.39 is 11.8 Å². The van der Waals surface area contributed by atoms with Gasteiger partial charge >= 0.3 is 0 Å². The Morgan fingerprint density at radius 1 is 1.70 bits per heavy atom. The summed E-state index contributed by atoms with van der Waals surface area (Å²) >= 11 is 1.05. The Labute approximate surface area is 64.6 Å². The second-order valence-corrected chi connectivity index (χ2v) is 3.24. The van der Waals surface area contributed by atoms with Crippen LogP contribution >= 0.6 is 11.8 Å². The first kappa shape index (κ1) is 9.55. The van der Waals surface area contributed by atoms with Gasteiger partial charge in [-0.15, -0.1) is 0 Å². The minimum absolute atomic E-state index is 0.0342. The van der Waals surface area contributed by atoms with Gasteiger partial charge in [0.15, 0.2) is 5.12 Å². The number of rotatable bonds is 3. The van der Waals surface area contributed by atoms with Gasteiger partial charge in [0.1, 0.15) is 7.85 Å². The molecule has 0 spiro atoms. The molecule has 0 unspecified atom stereocenters. The van der Waals surface area contributed by atoms with E-state index >= 15 is 0 Å². The van der Waals surface area contributed by atoms with E-state index in [9.17, 15) is 9.59 Å². The third kappa shape index (κ3) is 4.44. The minimum atomic E-state index is -0.853. The molecular weight excluding hydrogens is 151 g/mol. The average molecular weight is 160 g/mol. The molecule has 0 aliphatic rings. The van der Waals surface area contributed by atoms with Gasteiger partial charge in [-0.2, -0.15) is 0 Å². The molecule has 5 heteroatoms. The number of carbonyl (C=O) groups is 2. The van der Waals surface area contributed by atoms with Crippen molar-refractivity contribution in [2.75, 3.05) is 5.75 Å². The molecule has 0 aromatic heterocycles. The molecule has 0 rings (SSSR count). The number of carboxylic acid groups (broad SMARTS) is 1. The van der Waals surface area contributed by atoms with Crippen molar-refractivity contribution in [3.63, 3.8) is 0 Å². The molecule has 10 heavy (non-hydrogen) atoms. The standard InChI is InChI=1S/C5H9BO3S/c1-3(7)10-2-4(6)5(8)9/h4H,2,6H2,1H3,(H,8,9)/t4-/m1/s1. The number of carbonyl (C=O) groups excluding carboxylic acids is 1. The lowest BCUT2D eigenvalue weighted by atomic mass is 9.90. The summed E-state index contributed by atoms with van der Waals surface area (Å²) in [6.07, 6.45) is 0. The Balaban J connectivity index is 3.49. The van der Waals surface area contributed by atoms with Crippen molar-refractivity contribution in [2.24, 2.45) is 0 Å². The third-order valence-corrected chi connectivity index (χ3v) is 2.03. The number of carboxylic acids is 1. The lowest BCUT2D eigenvalue weighted by molar-refractivity contribution is -0.136.